The van der Waals surface area contributed by atoms with Crippen LogP contribution in [0.15, 0.2) is 0 Å². The number of hydrogen-bond donors (Lipinski definition) is 2. The van der Waals surface area contributed by atoms with E-state index >= 15 is 0 Å². The molecule has 0 aromatic heterocycles. The highest BCUT2D eigenvalue weighted by Crippen LogP contribution is 2.20. The average Bonchev–Trinajstić information content (AvgIpc) is 2.09. The van der Waals surface area contributed by atoms with Gasteiger partial charge in [0.1, 0.15) is 0 Å². The van der Waals surface area contributed by atoms with Crippen molar-refractivity contribution in [3.63, 3.8) is 0 Å². The van der Waals surface area contributed by atoms with Gasteiger partial charge in [-0.25, -0.2) is 0 Å². The van der Waals surface area contributed by atoms with Crippen molar-refractivity contribution in [2.24, 2.45) is 5.41 Å². The van der Waals surface area contributed by atoms with Gasteiger partial charge in [-0.2, -0.15) is 0 Å². The maximum Gasteiger partial charge on any atom is 0.0669 e. The molecule has 0 radical (unpaired) electrons. The number of nitrogens with one attached hydrogen (secondary N) is 1. The second-order valence-corrected chi connectivity index (χ2v) is 5.39. The van der Waals surface area contributed by atoms with E-state index in [0.29, 0.717) is 19.2 Å². The number of methoxy groups -OCH3 is 1. The molecule has 15 heavy (non-hydrogen) atoms. The normalized spacial score (nSPS) is 16.4. The van der Waals surface area contributed by atoms with Gasteiger partial charge in [-0.1, -0.05) is 27.7 Å². The molecule has 0 saturated heterocycles. The molecule has 2 unspecified atom stereocenters. The maximum absolute atomic E-state index is 9.79. The fraction of sp³-hybridized carbons (Fsp3) is 1.00. The van der Waals surface area contributed by atoms with E-state index in [2.05, 4.69) is 33.0 Å². The van der Waals surface area contributed by atoms with Crippen LogP contribution in [0.5, 0.6) is 0 Å². The van der Waals surface area contributed by atoms with Gasteiger partial charge >= 0.3 is 0 Å². The lowest BCUT2D eigenvalue weighted by atomic mass is 9.89. The van der Waals surface area contributed by atoms with Crippen LogP contribution in [0.2, 0.25) is 0 Å². The molecule has 2 N–H and O–H groups in total. The summed E-state index contributed by atoms with van der Waals surface area (Å²) in [7, 11) is 1.70. The van der Waals surface area contributed by atoms with Gasteiger partial charge in [-0.15, -0.1) is 0 Å². The zero-order valence-electron chi connectivity index (χ0n) is 10.8. The van der Waals surface area contributed by atoms with Crippen LogP contribution in [0, 0.1) is 5.41 Å². The largest absolute Gasteiger partial charge is 0.392 e. The summed E-state index contributed by atoms with van der Waals surface area (Å²) >= 11 is 0. The lowest BCUT2D eigenvalue weighted by molar-refractivity contribution is 0.105. The van der Waals surface area contributed by atoms with Crippen LogP contribution in [-0.4, -0.2) is 37.5 Å². The summed E-state index contributed by atoms with van der Waals surface area (Å²) in [6.45, 7) is 9.90. The monoisotopic (exact) mass is 217 g/mol. The summed E-state index contributed by atoms with van der Waals surface area (Å²) < 4.78 is 5.08. The van der Waals surface area contributed by atoms with Gasteiger partial charge < -0.3 is 15.2 Å². The van der Waals surface area contributed by atoms with Crippen LogP contribution < -0.4 is 5.32 Å². The summed E-state index contributed by atoms with van der Waals surface area (Å²) in [6.07, 6.45) is 1.58. The van der Waals surface area contributed by atoms with E-state index in [1.165, 1.54) is 0 Å². The second kappa shape index (κ2) is 7.20. The third-order valence-electron chi connectivity index (χ3n) is 2.35. The first-order valence-corrected chi connectivity index (χ1v) is 5.79. The van der Waals surface area contributed by atoms with Crippen LogP contribution in [0.25, 0.3) is 0 Å². The van der Waals surface area contributed by atoms with Gasteiger partial charge in [0.2, 0.25) is 0 Å². The molecule has 0 fully saturated rings. The molecule has 0 aliphatic rings. The minimum absolute atomic E-state index is 0.185. The molecule has 3 heteroatoms. The molecule has 0 heterocycles. The topological polar surface area (TPSA) is 41.5 Å². The quantitative estimate of drug-likeness (QED) is 0.683. The van der Waals surface area contributed by atoms with E-state index in [9.17, 15) is 5.11 Å². The first-order valence-electron chi connectivity index (χ1n) is 5.79. The molecule has 0 aliphatic heterocycles. The predicted molar refractivity (Wildman–Crippen MR) is 64.0 cm³/mol. The molecule has 0 amide bonds. The van der Waals surface area contributed by atoms with E-state index in [1.54, 1.807) is 7.11 Å². The molecule has 3 nitrogen and oxygen atoms in total. The molecular weight excluding hydrogens is 190 g/mol. The highest BCUT2D eigenvalue weighted by Gasteiger charge is 2.17. The molecule has 0 bridgehead atoms. The summed E-state index contributed by atoms with van der Waals surface area (Å²) in [4.78, 5) is 0. The molecule has 0 rings (SSSR count). The van der Waals surface area contributed by atoms with Crippen LogP contribution in [0.1, 0.15) is 40.5 Å². The van der Waals surface area contributed by atoms with Crippen molar-refractivity contribution >= 4 is 0 Å². The third kappa shape index (κ3) is 8.85. The van der Waals surface area contributed by atoms with Gasteiger partial charge in [0, 0.05) is 19.7 Å². The second-order valence-electron chi connectivity index (χ2n) is 5.39. The predicted octanol–water partition coefficient (Wildman–Crippen LogP) is 1.80. The van der Waals surface area contributed by atoms with Crippen molar-refractivity contribution in [1.29, 1.82) is 0 Å². The number of ether oxygens (including phenoxy) is 1. The average molecular weight is 217 g/mol. The van der Waals surface area contributed by atoms with E-state index in [4.69, 9.17) is 4.74 Å². The zero-order valence-corrected chi connectivity index (χ0v) is 10.8. The molecule has 2 atom stereocenters. The minimum Gasteiger partial charge on any atom is -0.392 e. The Balaban J connectivity index is 3.73. The smallest absolute Gasteiger partial charge is 0.0669 e. The van der Waals surface area contributed by atoms with Gasteiger partial charge in [0.25, 0.3) is 0 Å². The highest BCUT2D eigenvalue weighted by atomic mass is 16.5. The first kappa shape index (κ1) is 14.9. The Hall–Kier alpha value is -0.120. The van der Waals surface area contributed by atoms with Crippen LogP contribution in [-0.2, 0) is 4.74 Å². The van der Waals surface area contributed by atoms with Crippen molar-refractivity contribution < 1.29 is 9.84 Å². The van der Waals surface area contributed by atoms with Crippen LogP contribution in [0.3, 0.4) is 0 Å². The standard InChI is InChI=1S/C12H27NO2/c1-6-10(9-15-5)13-8-11(14)7-12(2,3)4/h10-11,13-14H,6-9H2,1-5H3. The SMILES string of the molecule is CCC(COC)NCC(O)CC(C)(C)C. The van der Waals surface area contributed by atoms with Gasteiger partial charge in [0.05, 0.1) is 12.7 Å². The number of hydrogen-bond acceptors (Lipinski definition) is 3. The molecule has 0 spiro atoms. The van der Waals surface area contributed by atoms with Crippen LogP contribution in [0.4, 0.5) is 0 Å². The van der Waals surface area contributed by atoms with E-state index in [-0.39, 0.29) is 11.5 Å². The van der Waals surface area contributed by atoms with Gasteiger partial charge in [-0.3, -0.25) is 0 Å². The van der Waals surface area contributed by atoms with Crippen LogP contribution >= 0.6 is 0 Å². The minimum atomic E-state index is -0.268. The summed E-state index contributed by atoms with van der Waals surface area (Å²) in [5.41, 5.74) is 0.185. The van der Waals surface area contributed by atoms with E-state index < -0.39 is 0 Å². The Kier molecular flexibility index (Phi) is 7.14. The van der Waals surface area contributed by atoms with Crippen molar-refractivity contribution in [3.05, 3.63) is 0 Å². The Morgan fingerprint density at radius 1 is 1.33 bits per heavy atom. The van der Waals surface area contributed by atoms with Gasteiger partial charge in [0.15, 0.2) is 0 Å². The Morgan fingerprint density at radius 2 is 1.93 bits per heavy atom. The first-order chi connectivity index (χ1) is 6.89. The Bertz CT molecular complexity index is 154. The lowest BCUT2D eigenvalue weighted by Crippen LogP contribution is -2.39. The van der Waals surface area contributed by atoms with Crippen molar-refractivity contribution in [3.8, 4) is 0 Å². The van der Waals surface area contributed by atoms with Crippen molar-refractivity contribution in [2.45, 2.75) is 52.7 Å². The van der Waals surface area contributed by atoms with Crippen molar-refractivity contribution in [1.82, 2.24) is 5.32 Å². The lowest BCUT2D eigenvalue weighted by Gasteiger charge is -2.24. The van der Waals surface area contributed by atoms with Gasteiger partial charge in [-0.05, 0) is 18.3 Å². The summed E-state index contributed by atoms with van der Waals surface area (Å²) in [6, 6.07) is 0.351. The molecule has 0 aromatic rings. The fourth-order valence-corrected chi connectivity index (χ4v) is 1.60. The van der Waals surface area contributed by atoms with Crippen molar-refractivity contribution in [2.75, 3.05) is 20.3 Å². The Morgan fingerprint density at radius 3 is 2.33 bits per heavy atom. The summed E-state index contributed by atoms with van der Waals surface area (Å²) in [5, 5.41) is 13.1. The highest BCUT2D eigenvalue weighted by molar-refractivity contribution is 4.72. The number of rotatable bonds is 7. The fourth-order valence-electron chi connectivity index (χ4n) is 1.60. The molecule has 0 aromatic carbocycles. The third-order valence-corrected chi connectivity index (χ3v) is 2.35. The van der Waals surface area contributed by atoms with E-state index in [1.807, 2.05) is 0 Å². The molecule has 0 aliphatic carbocycles. The zero-order chi connectivity index (χ0) is 11.9. The Labute approximate surface area is 94.2 Å². The number of aliphatic hydroxyl groups is 1. The van der Waals surface area contributed by atoms with E-state index in [0.717, 1.165) is 12.8 Å². The number of aliphatic hydroxyl groups excluding tert-OH is 1. The summed E-state index contributed by atoms with van der Waals surface area (Å²) in [5.74, 6) is 0. The maximum atomic E-state index is 9.79. The molecular formula is C12H27NO2. The molecule has 92 valence electrons. The molecule has 0 saturated carbocycles.